The molecule has 2 aromatic rings. The molecule has 2 rings (SSSR count). The highest BCUT2D eigenvalue weighted by molar-refractivity contribution is 5.62. The monoisotopic (exact) mass is 278 g/mol. The maximum absolute atomic E-state index is 13.7. The van der Waals surface area contributed by atoms with Crippen LogP contribution in [0.2, 0.25) is 0 Å². The molecule has 0 aromatic heterocycles. The summed E-state index contributed by atoms with van der Waals surface area (Å²) in [6.07, 6.45) is 0. The molecule has 0 unspecified atom stereocenters. The third-order valence-corrected chi connectivity index (χ3v) is 2.96. The molecule has 0 bridgehead atoms. The van der Waals surface area contributed by atoms with Crippen molar-refractivity contribution in [2.45, 2.75) is 13.5 Å². The molecule has 6 heteroatoms. The van der Waals surface area contributed by atoms with Gasteiger partial charge in [-0.1, -0.05) is 12.1 Å². The number of rotatable bonds is 4. The largest absolute Gasteiger partial charge is 0.373 e. The van der Waals surface area contributed by atoms with E-state index in [1.807, 2.05) is 0 Å². The number of halogens is 2. The number of hydrogen-bond acceptors (Lipinski definition) is 3. The van der Waals surface area contributed by atoms with Crippen LogP contribution in [0.1, 0.15) is 11.1 Å². The van der Waals surface area contributed by atoms with Crippen LogP contribution >= 0.6 is 0 Å². The first-order valence-corrected chi connectivity index (χ1v) is 5.91. The van der Waals surface area contributed by atoms with E-state index in [1.54, 1.807) is 13.0 Å². The van der Waals surface area contributed by atoms with Crippen LogP contribution in [0.4, 0.5) is 20.2 Å². The van der Waals surface area contributed by atoms with Gasteiger partial charge in [-0.05, 0) is 36.2 Å². The van der Waals surface area contributed by atoms with Crippen LogP contribution in [0.5, 0.6) is 0 Å². The Kier molecular flexibility index (Phi) is 3.93. The Morgan fingerprint density at radius 1 is 1.25 bits per heavy atom. The van der Waals surface area contributed by atoms with E-state index in [2.05, 4.69) is 5.32 Å². The molecule has 0 aliphatic carbocycles. The Bertz CT molecular complexity index is 660. The lowest BCUT2D eigenvalue weighted by Crippen LogP contribution is -2.06. The van der Waals surface area contributed by atoms with Gasteiger partial charge in [0.1, 0.15) is 11.5 Å². The second kappa shape index (κ2) is 5.64. The standard InChI is InChI=1S/C14H12F2N2O2/c1-9-5-6-11(15)7-10(9)8-17-14-12(16)3-2-4-13(14)18(19)20/h2-7,17H,8H2,1H3. The number of nitrogens with one attached hydrogen (secondary N) is 1. The molecule has 0 radical (unpaired) electrons. The molecule has 0 saturated carbocycles. The van der Waals surface area contributed by atoms with Gasteiger partial charge in [0.05, 0.1) is 4.92 Å². The van der Waals surface area contributed by atoms with Crippen molar-refractivity contribution in [1.29, 1.82) is 0 Å². The summed E-state index contributed by atoms with van der Waals surface area (Å²) in [7, 11) is 0. The molecule has 0 saturated heterocycles. The fourth-order valence-electron chi connectivity index (χ4n) is 1.85. The van der Waals surface area contributed by atoms with Crippen LogP contribution in [-0.4, -0.2) is 4.92 Å². The topological polar surface area (TPSA) is 55.2 Å². The minimum absolute atomic E-state index is 0.103. The molecule has 1 N–H and O–H groups in total. The molecule has 0 heterocycles. The van der Waals surface area contributed by atoms with Crippen LogP contribution in [0, 0.1) is 28.7 Å². The number of hydrogen-bond donors (Lipinski definition) is 1. The fraction of sp³-hybridized carbons (Fsp3) is 0.143. The van der Waals surface area contributed by atoms with Crippen molar-refractivity contribution in [1.82, 2.24) is 0 Å². The van der Waals surface area contributed by atoms with Crippen molar-refractivity contribution in [3.8, 4) is 0 Å². The summed E-state index contributed by atoms with van der Waals surface area (Å²) in [5.74, 6) is -1.12. The molecule has 2 aromatic carbocycles. The summed E-state index contributed by atoms with van der Waals surface area (Å²) in [5, 5.41) is 13.5. The lowest BCUT2D eigenvalue weighted by Gasteiger charge is -2.10. The zero-order valence-electron chi connectivity index (χ0n) is 10.7. The normalized spacial score (nSPS) is 10.3. The number of nitrogens with zero attached hydrogens (tertiary/aromatic N) is 1. The smallest absolute Gasteiger partial charge is 0.295 e. The molecular weight excluding hydrogens is 266 g/mol. The first kappa shape index (κ1) is 13.9. The second-order valence-electron chi connectivity index (χ2n) is 4.32. The minimum atomic E-state index is -0.715. The van der Waals surface area contributed by atoms with E-state index in [-0.39, 0.29) is 17.9 Å². The van der Waals surface area contributed by atoms with Gasteiger partial charge in [-0.2, -0.15) is 0 Å². The van der Waals surface area contributed by atoms with Gasteiger partial charge in [0, 0.05) is 12.6 Å². The maximum atomic E-state index is 13.7. The number of nitro benzene ring substituents is 1. The number of nitro groups is 1. The lowest BCUT2D eigenvalue weighted by molar-refractivity contribution is -0.384. The van der Waals surface area contributed by atoms with Crippen molar-refractivity contribution in [3.05, 3.63) is 69.3 Å². The lowest BCUT2D eigenvalue weighted by atomic mass is 10.1. The van der Waals surface area contributed by atoms with Crippen molar-refractivity contribution in [2.75, 3.05) is 5.32 Å². The fourth-order valence-corrected chi connectivity index (χ4v) is 1.85. The van der Waals surface area contributed by atoms with Crippen molar-refractivity contribution < 1.29 is 13.7 Å². The van der Waals surface area contributed by atoms with Gasteiger partial charge >= 0.3 is 0 Å². The Morgan fingerprint density at radius 3 is 2.70 bits per heavy atom. The van der Waals surface area contributed by atoms with Crippen LogP contribution in [0.25, 0.3) is 0 Å². The highest BCUT2D eigenvalue weighted by Crippen LogP contribution is 2.27. The van der Waals surface area contributed by atoms with E-state index >= 15 is 0 Å². The zero-order valence-corrected chi connectivity index (χ0v) is 10.7. The van der Waals surface area contributed by atoms with E-state index in [4.69, 9.17) is 0 Å². The van der Waals surface area contributed by atoms with Crippen LogP contribution in [-0.2, 0) is 6.54 Å². The molecule has 0 aliphatic rings. The summed E-state index contributed by atoms with van der Waals surface area (Å²) in [6.45, 7) is 1.89. The van der Waals surface area contributed by atoms with Gasteiger partial charge in [0.25, 0.3) is 5.69 Å². The predicted octanol–water partition coefficient (Wildman–Crippen LogP) is 3.79. The summed E-state index contributed by atoms with van der Waals surface area (Å²) in [6, 6.07) is 7.85. The molecule has 20 heavy (non-hydrogen) atoms. The van der Waals surface area contributed by atoms with Gasteiger partial charge in [-0.3, -0.25) is 10.1 Å². The summed E-state index contributed by atoms with van der Waals surface area (Å²) >= 11 is 0. The van der Waals surface area contributed by atoms with Crippen molar-refractivity contribution in [3.63, 3.8) is 0 Å². The molecule has 0 amide bonds. The highest BCUT2D eigenvalue weighted by atomic mass is 19.1. The first-order valence-electron chi connectivity index (χ1n) is 5.91. The number of anilines is 1. The van der Waals surface area contributed by atoms with E-state index in [9.17, 15) is 18.9 Å². The van der Waals surface area contributed by atoms with E-state index in [1.165, 1.54) is 24.3 Å². The number of aryl methyl sites for hydroxylation is 1. The molecule has 0 atom stereocenters. The number of para-hydroxylation sites is 1. The third-order valence-electron chi connectivity index (χ3n) is 2.96. The minimum Gasteiger partial charge on any atom is -0.373 e. The van der Waals surface area contributed by atoms with E-state index in [0.717, 1.165) is 11.6 Å². The summed E-state index contributed by atoms with van der Waals surface area (Å²) < 4.78 is 26.8. The van der Waals surface area contributed by atoms with Gasteiger partial charge in [-0.25, -0.2) is 8.78 Å². The molecule has 104 valence electrons. The summed E-state index contributed by atoms with van der Waals surface area (Å²) in [5.41, 5.74) is 0.890. The van der Waals surface area contributed by atoms with Gasteiger partial charge < -0.3 is 5.32 Å². The van der Waals surface area contributed by atoms with Crippen LogP contribution in [0.3, 0.4) is 0 Å². The van der Waals surface area contributed by atoms with Crippen LogP contribution < -0.4 is 5.32 Å². The molecule has 0 aliphatic heterocycles. The SMILES string of the molecule is Cc1ccc(F)cc1CNc1c(F)cccc1[N+](=O)[O-]. The third kappa shape index (κ3) is 2.90. The van der Waals surface area contributed by atoms with Crippen molar-refractivity contribution in [2.24, 2.45) is 0 Å². The number of benzene rings is 2. The Balaban J connectivity index is 2.27. The second-order valence-corrected chi connectivity index (χ2v) is 4.32. The molecular formula is C14H12F2N2O2. The summed E-state index contributed by atoms with van der Waals surface area (Å²) in [4.78, 5) is 10.2. The van der Waals surface area contributed by atoms with Gasteiger partial charge in [-0.15, -0.1) is 0 Å². The van der Waals surface area contributed by atoms with E-state index in [0.29, 0.717) is 5.56 Å². The zero-order chi connectivity index (χ0) is 14.7. The Hall–Kier alpha value is -2.50. The Morgan fingerprint density at radius 2 is 2.00 bits per heavy atom. The predicted molar refractivity (Wildman–Crippen MR) is 71.5 cm³/mol. The molecule has 0 spiro atoms. The first-order chi connectivity index (χ1) is 9.49. The molecule has 0 fully saturated rings. The van der Waals surface area contributed by atoms with Crippen molar-refractivity contribution >= 4 is 11.4 Å². The Labute approximate surface area is 114 Å². The molecule has 4 nitrogen and oxygen atoms in total. The van der Waals surface area contributed by atoms with Gasteiger partial charge in [0.15, 0.2) is 5.82 Å². The maximum Gasteiger partial charge on any atom is 0.295 e. The quantitative estimate of drug-likeness (QED) is 0.683. The van der Waals surface area contributed by atoms with E-state index < -0.39 is 16.6 Å². The average molecular weight is 278 g/mol. The van der Waals surface area contributed by atoms with Gasteiger partial charge in [0.2, 0.25) is 0 Å². The highest BCUT2D eigenvalue weighted by Gasteiger charge is 2.17. The van der Waals surface area contributed by atoms with Crippen LogP contribution in [0.15, 0.2) is 36.4 Å². The average Bonchev–Trinajstić information content (AvgIpc) is 2.40.